The zero-order valence-corrected chi connectivity index (χ0v) is 8.46. The van der Waals surface area contributed by atoms with E-state index in [4.69, 9.17) is 4.84 Å². The van der Waals surface area contributed by atoms with E-state index in [1.165, 1.54) is 50.7 Å². The Morgan fingerprint density at radius 2 is 2.08 bits per heavy atom. The average Bonchev–Trinajstić information content (AvgIpc) is 2.56. The smallest absolute Gasteiger partial charge is 0.127 e. The Hall–Kier alpha value is -0.530. The first-order chi connectivity index (χ1) is 6.40. The minimum atomic E-state index is 0.436. The molecule has 0 bridgehead atoms. The van der Waals surface area contributed by atoms with E-state index in [1.807, 2.05) is 0 Å². The highest BCUT2D eigenvalue weighted by Crippen LogP contribution is 2.28. The van der Waals surface area contributed by atoms with Gasteiger partial charge < -0.3 is 4.84 Å². The molecule has 2 nitrogen and oxygen atoms in total. The van der Waals surface area contributed by atoms with Gasteiger partial charge in [-0.2, -0.15) is 0 Å². The number of nitrogens with zero attached hydrogens (tertiary/aromatic N) is 1. The molecule has 0 saturated heterocycles. The van der Waals surface area contributed by atoms with E-state index in [-0.39, 0.29) is 0 Å². The lowest BCUT2D eigenvalue weighted by Gasteiger charge is -2.26. The molecule has 0 aliphatic heterocycles. The minimum absolute atomic E-state index is 0.436. The molecule has 13 heavy (non-hydrogen) atoms. The summed E-state index contributed by atoms with van der Waals surface area (Å²) in [5.74, 6) is 0.737. The van der Waals surface area contributed by atoms with Crippen LogP contribution in [-0.4, -0.2) is 11.8 Å². The van der Waals surface area contributed by atoms with Crippen molar-refractivity contribution < 1.29 is 4.84 Å². The van der Waals surface area contributed by atoms with Crippen molar-refractivity contribution in [1.82, 2.24) is 0 Å². The first kappa shape index (κ1) is 9.04. The number of hydrogen-bond donors (Lipinski definition) is 0. The minimum Gasteiger partial charge on any atom is -0.393 e. The van der Waals surface area contributed by atoms with Crippen molar-refractivity contribution in [2.75, 3.05) is 0 Å². The number of rotatable bonds is 3. The van der Waals surface area contributed by atoms with Gasteiger partial charge in [-0.3, -0.25) is 0 Å². The van der Waals surface area contributed by atoms with Crippen molar-refractivity contribution in [2.45, 2.75) is 58.0 Å². The molecule has 2 aliphatic carbocycles. The molecule has 2 rings (SSSR count). The zero-order valence-electron chi connectivity index (χ0n) is 8.46. The molecule has 2 fully saturated rings. The summed E-state index contributed by atoms with van der Waals surface area (Å²) in [7, 11) is 0. The second-order valence-corrected chi connectivity index (χ2v) is 4.24. The standard InChI is InChI=1S/C11H19NO/c1-2-9-7-8-11(9)12-13-10-5-3-4-6-10/h9-10H,2-8H2,1H3/b12-11+. The summed E-state index contributed by atoms with van der Waals surface area (Å²) < 4.78 is 0. The Morgan fingerprint density at radius 1 is 1.31 bits per heavy atom. The van der Waals surface area contributed by atoms with Gasteiger partial charge in [0.05, 0.1) is 5.71 Å². The largest absolute Gasteiger partial charge is 0.393 e. The Balaban J connectivity index is 1.76. The highest BCUT2D eigenvalue weighted by atomic mass is 16.6. The molecule has 0 spiro atoms. The highest BCUT2D eigenvalue weighted by Gasteiger charge is 2.25. The van der Waals surface area contributed by atoms with E-state index in [2.05, 4.69) is 12.1 Å². The van der Waals surface area contributed by atoms with Crippen molar-refractivity contribution in [3.8, 4) is 0 Å². The van der Waals surface area contributed by atoms with Crippen LogP contribution >= 0.6 is 0 Å². The molecule has 0 aromatic rings. The Morgan fingerprint density at radius 3 is 2.62 bits per heavy atom. The second kappa shape index (κ2) is 4.12. The molecule has 0 aromatic heterocycles. The Bertz CT molecular complexity index is 192. The van der Waals surface area contributed by atoms with Gasteiger partial charge in [-0.05, 0) is 44.9 Å². The van der Waals surface area contributed by atoms with Crippen LogP contribution in [0.4, 0.5) is 0 Å². The molecule has 0 amide bonds. The summed E-state index contributed by atoms with van der Waals surface area (Å²) >= 11 is 0. The van der Waals surface area contributed by atoms with Crippen molar-refractivity contribution in [3.63, 3.8) is 0 Å². The van der Waals surface area contributed by atoms with E-state index < -0.39 is 0 Å². The third kappa shape index (κ3) is 2.04. The van der Waals surface area contributed by atoms with E-state index in [1.54, 1.807) is 0 Å². The van der Waals surface area contributed by atoms with Gasteiger partial charge in [0.15, 0.2) is 0 Å². The summed E-state index contributed by atoms with van der Waals surface area (Å²) in [6.07, 6.45) is 9.24. The molecule has 0 heterocycles. The van der Waals surface area contributed by atoms with Crippen LogP contribution in [0.1, 0.15) is 51.9 Å². The lowest BCUT2D eigenvalue weighted by Crippen LogP contribution is -2.26. The first-order valence-electron chi connectivity index (χ1n) is 5.62. The van der Waals surface area contributed by atoms with Gasteiger partial charge in [0.2, 0.25) is 0 Å². The van der Waals surface area contributed by atoms with Crippen LogP contribution in [0.5, 0.6) is 0 Å². The summed E-state index contributed by atoms with van der Waals surface area (Å²) in [5.41, 5.74) is 1.31. The second-order valence-electron chi connectivity index (χ2n) is 4.24. The molecule has 1 atom stereocenters. The maximum absolute atomic E-state index is 5.53. The normalized spacial score (nSPS) is 32.1. The molecule has 0 N–H and O–H groups in total. The molecule has 2 aliphatic rings. The lowest BCUT2D eigenvalue weighted by molar-refractivity contribution is 0.0612. The van der Waals surface area contributed by atoms with Crippen molar-refractivity contribution in [2.24, 2.45) is 11.1 Å². The van der Waals surface area contributed by atoms with Crippen LogP contribution in [0.2, 0.25) is 0 Å². The van der Waals surface area contributed by atoms with Crippen LogP contribution in [0.15, 0.2) is 5.16 Å². The van der Waals surface area contributed by atoms with Crippen LogP contribution in [-0.2, 0) is 4.84 Å². The topological polar surface area (TPSA) is 21.6 Å². The first-order valence-corrected chi connectivity index (χ1v) is 5.62. The fourth-order valence-electron chi connectivity index (χ4n) is 2.17. The fraction of sp³-hybridized carbons (Fsp3) is 0.909. The van der Waals surface area contributed by atoms with Crippen molar-refractivity contribution in [3.05, 3.63) is 0 Å². The zero-order chi connectivity index (χ0) is 9.10. The number of hydrogen-bond acceptors (Lipinski definition) is 2. The molecular formula is C11H19NO. The summed E-state index contributed by atoms with van der Waals surface area (Å²) in [4.78, 5) is 5.53. The van der Waals surface area contributed by atoms with Gasteiger partial charge in [-0.15, -0.1) is 0 Å². The van der Waals surface area contributed by atoms with E-state index >= 15 is 0 Å². The van der Waals surface area contributed by atoms with E-state index in [0.717, 1.165) is 5.92 Å². The van der Waals surface area contributed by atoms with Crippen molar-refractivity contribution >= 4 is 5.71 Å². The van der Waals surface area contributed by atoms with Gasteiger partial charge >= 0.3 is 0 Å². The third-order valence-electron chi connectivity index (χ3n) is 3.33. The average molecular weight is 181 g/mol. The number of oxime groups is 1. The van der Waals surface area contributed by atoms with Crippen LogP contribution in [0.25, 0.3) is 0 Å². The lowest BCUT2D eigenvalue weighted by atomic mass is 9.81. The van der Waals surface area contributed by atoms with Gasteiger partial charge in [0, 0.05) is 5.92 Å². The molecule has 74 valence electrons. The predicted octanol–water partition coefficient (Wildman–Crippen LogP) is 3.12. The molecular weight excluding hydrogens is 162 g/mol. The van der Waals surface area contributed by atoms with Gasteiger partial charge in [0.1, 0.15) is 6.10 Å². The quantitative estimate of drug-likeness (QED) is 0.613. The maximum Gasteiger partial charge on any atom is 0.127 e. The van der Waals surface area contributed by atoms with Gasteiger partial charge in [-0.1, -0.05) is 12.1 Å². The Labute approximate surface area is 80.3 Å². The maximum atomic E-state index is 5.53. The molecule has 0 radical (unpaired) electrons. The van der Waals surface area contributed by atoms with Crippen LogP contribution in [0, 0.1) is 5.92 Å². The Kier molecular flexibility index (Phi) is 2.87. The summed E-state index contributed by atoms with van der Waals surface area (Å²) in [5, 5.41) is 4.28. The predicted molar refractivity (Wildman–Crippen MR) is 53.8 cm³/mol. The van der Waals surface area contributed by atoms with E-state index in [0.29, 0.717) is 6.10 Å². The van der Waals surface area contributed by atoms with E-state index in [9.17, 15) is 0 Å². The molecule has 0 aromatic carbocycles. The molecule has 2 saturated carbocycles. The molecule has 2 heteroatoms. The van der Waals surface area contributed by atoms with Gasteiger partial charge in [0.25, 0.3) is 0 Å². The third-order valence-corrected chi connectivity index (χ3v) is 3.33. The monoisotopic (exact) mass is 181 g/mol. The summed E-state index contributed by atoms with van der Waals surface area (Å²) in [6.45, 7) is 2.23. The highest BCUT2D eigenvalue weighted by molar-refractivity contribution is 5.91. The SMILES string of the molecule is CCC1CC/C1=N\OC1CCCC1. The van der Waals surface area contributed by atoms with Gasteiger partial charge in [-0.25, -0.2) is 0 Å². The summed E-state index contributed by atoms with van der Waals surface area (Å²) in [6, 6.07) is 0. The van der Waals surface area contributed by atoms with Crippen LogP contribution < -0.4 is 0 Å². The fourth-order valence-corrected chi connectivity index (χ4v) is 2.17. The molecule has 1 unspecified atom stereocenters. The van der Waals surface area contributed by atoms with Crippen LogP contribution in [0.3, 0.4) is 0 Å². The van der Waals surface area contributed by atoms with Crippen molar-refractivity contribution in [1.29, 1.82) is 0 Å².